The van der Waals surface area contributed by atoms with Crippen LogP contribution < -0.4 is 5.36 Å². The predicted octanol–water partition coefficient (Wildman–Crippen LogP) is 2.64. The lowest BCUT2D eigenvalue weighted by Crippen LogP contribution is -2.18. The number of hydrogen-bond donors (Lipinski definition) is 0. The van der Waals surface area contributed by atoms with Gasteiger partial charge in [-0.2, -0.15) is 13.2 Å². The van der Waals surface area contributed by atoms with Crippen molar-refractivity contribution in [3.8, 4) is 0 Å². The van der Waals surface area contributed by atoms with Gasteiger partial charge in [-0.3, -0.25) is 14.4 Å². The van der Waals surface area contributed by atoms with Crippen LogP contribution in [-0.4, -0.2) is 23.2 Å². The third kappa shape index (κ3) is 3.11. The lowest BCUT2D eigenvalue weighted by molar-refractivity contribution is -0.118. The van der Waals surface area contributed by atoms with E-state index in [1.165, 1.54) is 41.9 Å². The minimum Gasteiger partial charge on any atom is -0.294 e. The van der Waals surface area contributed by atoms with Gasteiger partial charge in [-0.1, -0.05) is 0 Å². The molecule has 1 aromatic heterocycles. The lowest BCUT2D eigenvalue weighted by atomic mass is 10.2. The van der Waals surface area contributed by atoms with E-state index < -0.39 is 12.7 Å². The molecule has 0 radical (unpaired) electrons. The molecule has 0 saturated heterocycles. The molecule has 6 heteroatoms. The smallest absolute Gasteiger partial charge is 0.294 e. The van der Waals surface area contributed by atoms with E-state index in [0.717, 1.165) is 12.3 Å². The number of rotatable bonds is 3. The van der Waals surface area contributed by atoms with Crippen LogP contribution in [0.15, 0.2) is 29.5 Å². The number of aromatic nitrogens is 1. The van der Waals surface area contributed by atoms with Crippen LogP contribution in [0.25, 0.3) is 0 Å². The highest BCUT2D eigenvalue weighted by molar-refractivity contribution is 5.84. The van der Waals surface area contributed by atoms with E-state index >= 15 is 0 Å². The highest BCUT2D eigenvalue weighted by Gasteiger charge is 2.51. The first-order chi connectivity index (χ1) is 9.44. The molecule has 2 saturated carbocycles. The van der Waals surface area contributed by atoms with Crippen molar-refractivity contribution in [2.24, 2.45) is 22.7 Å². The largest absolute Gasteiger partial charge is 0.407 e. The van der Waals surface area contributed by atoms with Crippen LogP contribution in [0.3, 0.4) is 0 Å². The zero-order valence-corrected chi connectivity index (χ0v) is 10.8. The van der Waals surface area contributed by atoms with Gasteiger partial charge in [0.05, 0.1) is 5.36 Å². The Morgan fingerprint density at radius 2 is 1.95 bits per heavy atom. The molecule has 0 aliphatic heterocycles. The van der Waals surface area contributed by atoms with Gasteiger partial charge in [0.1, 0.15) is 6.54 Å². The Bertz CT molecular complexity index is 566. The Hall–Kier alpha value is -1.59. The second-order valence-electron chi connectivity index (χ2n) is 5.58. The summed E-state index contributed by atoms with van der Waals surface area (Å²) >= 11 is 0. The predicted molar refractivity (Wildman–Crippen MR) is 65.9 cm³/mol. The van der Waals surface area contributed by atoms with Crippen molar-refractivity contribution in [2.75, 3.05) is 6.54 Å². The van der Waals surface area contributed by atoms with E-state index in [9.17, 15) is 18.0 Å². The SMILES string of the molecule is O=C([C@@H]1C[C@H]1C1CC1)n1ccc(=NCC(F)(F)F)cc1. The number of carbonyl (C=O) groups excluding carboxylic acids is 1. The Morgan fingerprint density at radius 1 is 1.30 bits per heavy atom. The zero-order chi connectivity index (χ0) is 14.3. The molecular formula is C14H15F3N2O. The van der Waals surface area contributed by atoms with Gasteiger partial charge in [-0.25, -0.2) is 0 Å². The molecule has 2 fully saturated rings. The molecule has 1 heterocycles. The van der Waals surface area contributed by atoms with Gasteiger partial charge in [-0.15, -0.1) is 0 Å². The van der Waals surface area contributed by atoms with Crippen LogP contribution >= 0.6 is 0 Å². The molecule has 0 unspecified atom stereocenters. The van der Waals surface area contributed by atoms with Crippen molar-refractivity contribution in [1.29, 1.82) is 0 Å². The number of halogens is 3. The molecule has 0 aromatic carbocycles. The van der Waals surface area contributed by atoms with Crippen LogP contribution in [0.4, 0.5) is 13.2 Å². The standard InChI is InChI=1S/C14H15F3N2O/c15-14(16,17)8-18-10-3-5-19(6-4-10)13(20)12-7-11(12)9-1-2-9/h3-6,9,11-12H,1-2,7-8H2/t11-,12+/m0/s1. The number of pyridine rings is 1. The highest BCUT2D eigenvalue weighted by atomic mass is 19.4. The van der Waals surface area contributed by atoms with Gasteiger partial charge < -0.3 is 0 Å². The Morgan fingerprint density at radius 3 is 2.50 bits per heavy atom. The van der Waals surface area contributed by atoms with E-state index in [1.807, 2.05) is 0 Å². The Labute approximate surface area is 114 Å². The first-order valence-electron chi connectivity index (χ1n) is 6.74. The third-order valence-electron chi connectivity index (χ3n) is 3.89. The molecule has 3 rings (SSSR count). The summed E-state index contributed by atoms with van der Waals surface area (Å²) in [6.45, 7) is -1.20. The maximum atomic E-state index is 12.1. The molecule has 0 N–H and O–H groups in total. The summed E-state index contributed by atoms with van der Waals surface area (Å²) < 4.78 is 37.6. The van der Waals surface area contributed by atoms with Crippen LogP contribution in [0.1, 0.15) is 24.1 Å². The minimum absolute atomic E-state index is 0.0456. The number of nitrogens with zero attached hydrogens (tertiary/aromatic N) is 2. The summed E-state index contributed by atoms with van der Waals surface area (Å²) in [6.07, 6.45) is 2.12. The molecule has 0 amide bonds. The Kier molecular flexibility index (Phi) is 3.18. The third-order valence-corrected chi connectivity index (χ3v) is 3.89. The molecule has 20 heavy (non-hydrogen) atoms. The summed E-state index contributed by atoms with van der Waals surface area (Å²) in [6, 6.07) is 2.89. The lowest BCUT2D eigenvalue weighted by Gasteiger charge is -2.04. The van der Waals surface area contributed by atoms with Gasteiger partial charge >= 0.3 is 6.18 Å². The summed E-state index contributed by atoms with van der Waals surface area (Å²) in [5, 5.41) is 0.237. The van der Waals surface area contributed by atoms with Crippen molar-refractivity contribution in [1.82, 2.24) is 4.57 Å². The molecule has 3 nitrogen and oxygen atoms in total. The summed E-state index contributed by atoms with van der Waals surface area (Å²) in [4.78, 5) is 15.6. The van der Waals surface area contributed by atoms with Crippen molar-refractivity contribution >= 4 is 5.91 Å². The van der Waals surface area contributed by atoms with E-state index in [-0.39, 0.29) is 17.2 Å². The van der Waals surface area contributed by atoms with E-state index in [4.69, 9.17) is 0 Å². The van der Waals surface area contributed by atoms with Gasteiger partial charge in [0.25, 0.3) is 0 Å². The normalized spacial score (nSPS) is 25.4. The monoisotopic (exact) mass is 284 g/mol. The average molecular weight is 284 g/mol. The number of alkyl halides is 3. The van der Waals surface area contributed by atoms with Gasteiger partial charge in [0, 0.05) is 18.3 Å². The second kappa shape index (κ2) is 4.75. The number of carbonyl (C=O) groups is 1. The van der Waals surface area contributed by atoms with Gasteiger partial charge in [0.2, 0.25) is 5.91 Å². The summed E-state index contributed by atoms with van der Waals surface area (Å²) in [5.74, 6) is 1.41. The van der Waals surface area contributed by atoms with Crippen LogP contribution in [0.2, 0.25) is 0 Å². The second-order valence-corrected chi connectivity index (χ2v) is 5.58. The highest BCUT2D eigenvalue weighted by Crippen LogP contribution is 2.54. The quantitative estimate of drug-likeness (QED) is 0.840. The molecule has 0 bridgehead atoms. The van der Waals surface area contributed by atoms with Crippen LogP contribution in [0, 0.1) is 17.8 Å². The summed E-state index contributed by atoms with van der Waals surface area (Å²) in [5.41, 5.74) is 0. The first kappa shape index (κ1) is 13.4. The molecule has 108 valence electrons. The van der Waals surface area contributed by atoms with Crippen molar-refractivity contribution in [3.63, 3.8) is 0 Å². The molecule has 1 aromatic rings. The average Bonchev–Trinajstić information content (AvgIpc) is 3.26. The molecule has 2 atom stereocenters. The van der Waals surface area contributed by atoms with Gasteiger partial charge in [-0.05, 0) is 43.2 Å². The maximum Gasteiger partial charge on any atom is 0.407 e. The summed E-state index contributed by atoms with van der Waals surface area (Å²) in [7, 11) is 0. The Balaban J connectivity index is 1.65. The number of hydrogen-bond acceptors (Lipinski definition) is 2. The zero-order valence-electron chi connectivity index (χ0n) is 10.8. The molecule has 2 aliphatic rings. The van der Waals surface area contributed by atoms with E-state index in [2.05, 4.69) is 4.99 Å². The maximum absolute atomic E-state index is 12.1. The molecular weight excluding hydrogens is 269 g/mol. The minimum atomic E-state index is -4.30. The van der Waals surface area contributed by atoms with Gasteiger partial charge in [0.15, 0.2) is 0 Å². The fourth-order valence-electron chi connectivity index (χ4n) is 2.59. The fourth-order valence-corrected chi connectivity index (χ4v) is 2.59. The van der Waals surface area contributed by atoms with Crippen LogP contribution in [0.5, 0.6) is 0 Å². The topological polar surface area (TPSA) is 34.4 Å². The van der Waals surface area contributed by atoms with Crippen molar-refractivity contribution < 1.29 is 18.0 Å². The molecule has 0 spiro atoms. The first-order valence-corrected chi connectivity index (χ1v) is 6.74. The van der Waals surface area contributed by atoms with Crippen molar-refractivity contribution in [2.45, 2.75) is 25.4 Å². The molecule has 2 aliphatic carbocycles. The van der Waals surface area contributed by atoms with E-state index in [0.29, 0.717) is 5.92 Å². The fraction of sp³-hybridized carbons (Fsp3) is 0.571. The van der Waals surface area contributed by atoms with Crippen molar-refractivity contribution in [3.05, 3.63) is 29.9 Å². The van der Waals surface area contributed by atoms with E-state index in [1.54, 1.807) is 0 Å². The van der Waals surface area contributed by atoms with Crippen LogP contribution in [-0.2, 0) is 0 Å².